The molecule has 0 bridgehead atoms. The Labute approximate surface area is 147 Å². The van der Waals surface area contributed by atoms with Crippen molar-refractivity contribution < 1.29 is 4.79 Å². The van der Waals surface area contributed by atoms with Crippen molar-refractivity contribution in [1.29, 1.82) is 0 Å². The van der Waals surface area contributed by atoms with Gasteiger partial charge in [-0.05, 0) is 50.9 Å². The highest BCUT2D eigenvalue weighted by Crippen LogP contribution is 2.16. The summed E-state index contributed by atoms with van der Waals surface area (Å²) in [4.78, 5) is 16.4. The second-order valence-corrected chi connectivity index (χ2v) is 6.32. The second-order valence-electron chi connectivity index (χ2n) is 6.32. The van der Waals surface area contributed by atoms with Crippen molar-refractivity contribution in [3.8, 4) is 0 Å². The van der Waals surface area contributed by atoms with Crippen LogP contribution in [-0.2, 0) is 0 Å². The molecule has 1 amide bonds. The van der Waals surface area contributed by atoms with E-state index in [0.717, 1.165) is 50.3 Å². The van der Waals surface area contributed by atoms with E-state index >= 15 is 0 Å². The summed E-state index contributed by atoms with van der Waals surface area (Å²) in [7, 11) is 0. The molecule has 0 atom stereocenters. The molecule has 0 saturated carbocycles. The third-order valence-electron chi connectivity index (χ3n) is 4.28. The highest BCUT2D eigenvalue weighted by molar-refractivity contribution is 5.91. The zero-order valence-corrected chi connectivity index (χ0v) is 14.5. The van der Waals surface area contributed by atoms with Crippen LogP contribution >= 0.6 is 0 Å². The van der Waals surface area contributed by atoms with Crippen LogP contribution in [0.25, 0.3) is 0 Å². The number of amides is 1. The minimum Gasteiger partial charge on any atom is -0.370 e. The maximum atomic E-state index is 12.1. The summed E-state index contributed by atoms with van der Waals surface area (Å²) < 4.78 is 1.82. The van der Waals surface area contributed by atoms with Crippen molar-refractivity contribution in [2.45, 2.75) is 32.2 Å². The maximum Gasteiger partial charge on any atom is 0.273 e. The Hall–Kier alpha value is -2.48. The molecule has 2 aromatic heterocycles. The number of hydrogen-bond donors (Lipinski definition) is 3. The molecule has 0 aliphatic carbocycles. The second kappa shape index (κ2) is 8.57. The lowest BCUT2D eigenvalue weighted by molar-refractivity contribution is 0.0948. The van der Waals surface area contributed by atoms with Gasteiger partial charge in [0.05, 0.1) is 12.2 Å². The summed E-state index contributed by atoms with van der Waals surface area (Å²) in [6.45, 7) is 5.30. The molecule has 8 nitrogen and oxygen atoms in total. The van der Waals surface area contributed by atoms with Crippen LogP contribution in [0.4, 0.5) is 5.82 Å². The zero-order valence-electron chi connectivity index (χ0n) is 14.5. The van der Waals surface area contributed by atoms with Crippen LogP contribution in [0.3, 0.4) is 0 Å². The van der Waals surface area contributed by atoms with Crippen molar-refractivity contribution >= 4 is 11.7 Å². The Morgan fingerprint density at radius 1 is 1.32 bits per heavy atom. The van der Waals surface area contributed by atoms with E-state index in [1.807, 2.05) is 29.9 Å². The van der Waals surface area contributed by atoms with Crippen LogP contribution in [0.1, 0.15) is 41.4 Å². The molecule has 0 unspecified atom stereocenters. The van der Waals surface area contributed by atoms with Gasteiger partial charge in [0, 0.05) is 19.3 Å². The quantitative estimate of drug-likeness (QED) is 0.652. The maximum absolute atomic E-state index is 12.1. The minimum atomic E-state index is -0.173. The molecule has 25 heavy (non-hydrogen) atoms. The van der Waals surface area contributed by atoms with Crippen LogP contribution in [0, 0.1) is 6.92 Å². The summed E-state index contributed by atoms with van der Waals surface area (Å²) in [6, 6.07) is 4.30. The Balaban J connectivity index is 1.37. The van der Waals surface area contributed by atoms with Gasteiger partial charge < -0.3 is 16.0 Å². The van der Waals surface area contributed by atoms with Crippen molar-refractivity contribution in [3.05, 3.63) is 35.8 Å². The summed E-state index contributed by atoms with van der Waals surface area (Å²) >= 11 is 0. The molecule has 8 heteroatoms. The average Bonchev–Trinajstić information content (AvgIpc) is 3.14. The standard InChI is InChI=1S/C17H25N7O/c1-13-3-4-16(21-11-13)19-7-2-8-20-17(25)15-12-24(23-22-15)14-5-9-18-10-6-14/h3-4,11-12,14,18H,2,5-10H2,1H3,(H,19,21)(H,20,25). The van der Waals surface area contributed by atoms with Gasteiger partial charge in [0.15, 0.2) is 5.69 Å². The molecule has 0 spiro atoms. The topological polar surface area (TPSA) is 96.8 Å². The average molecular weight is 343 g/mol. The first-order valence-electron chi connectivity index (χ1n) is 8.79. The van der Waals surface area contributed by atoms with E-state index in [1.165, 1.54) is 0 Å². The highest BCUT2D eigenvalue weighted by atomic mass is 16.2. The molecule has 134 valence electrons. The number of pyridine rings is 1. The molecule has 1 aliphatic rings. The molecule has 0 aromatic carbocycles. The number of aryl methyl sites for hydroxylation is 1. The SMILES string of the molecule is Cc1ccc(NCCCNC(=O)c2cn(C3CCNCC3)nn2)nc1. The number of piperidine rings is 1. The van der Waals surface area contributed by atoms with Crippen LogP contribution in [0.5, 0.6) is 0 Å². The monoisotopic (exact) mass is 343 g/mol. The fraction of sp³-hybridized carbons (Fsp3) is 0.529. The summed E-state index contributed by atoms with van der Waals surface area (Å²) in [6.07, 6.45) is 6.42. The van der Waals surface area contributed by atoms with Crippen LogP contribution in [0.15, 0.2) is 24.5 Å². The zero-order chi connectivity index (χ0) is 17.5. The molecular formula is C17H25N7O. The fourth-order valence-electron chi connectivity index (χ4n) is 2.80. The molecule has 1 fully saturated rings. The van der Waals surface area contributed by atoms with E-state index in [4.69, 9.17) is 0 Å². The first-order valence-corrected chi connectivity index (χ1v) is 8.79. The number of nitrogens with zero attached hydrogens (tertiary/aromatic N) is 4. The van der Waals surface area contributed by atoms with Crippen LogP contribution < -0.4 is 16.0 Å². The van der Waals surface area contributed by atoms with Gasteiger partial charge in [-0.15, -0.1) is 5.10 Å². The molecule has 3 heterocycles. The van der Waals surface area contributed by atoms with Gasteiger partial charge >= 0.3 is 0 Å². The third-order valence-corrected chi connectivity index (χ3v) is 4.28. The third kappa shape index (κ3) is 4.99. The molecule has 2 aromatic rings. The number of carbonyl (C=O) groups excluding carboxylic acids is 1. The lowest BCUT2D eigenvalue weighted by atomic mass is 10.1. The predicted octanol–water partition coefficient (Wildman–Crippen LogP) is 1.14. The summed E-state index contributed by atoms with van der Waals surface area (Å²) in [5, 5.41) is 17.5. The number of nitrogens with one attached hydrogen (secondary N) is 3. The first-order chi connectivity index (χ1) is 12.2. The Morgan fingerprint density at radius 3 is 2.92 bits per heavy atom. The number of anilines is 1. The molecule has 3 rings (SSSR count). The van der Waals surface area contributed by atoms with Gasteiger partial charge in [-0.25, -0.2) is 9.67 Å². The number of hydrogen-bond acceptors (Lipinski definition) is 6. The van der Waals surface area contributed by atoms with Gasteiger partial charge in [0.1, 0.15) is 5.82 Å². The van der Waals surface area contributed by atoms with E-state index in [9.17, 15) is 4.79 Å². The fourth-order valence-corrected chi connectivity index (χ4v) is 2.80. The van der Waals surface area contributed by atoms with E-state index in [2.05, 4.69) is 31.2 Å². The highest BCUT2D eigenvalue weighted by Gasteiger charge is 2.18. The van der Waals surface area contributed by atoms with Crippen LogP contribution in [0.2, 0.25) is 0 Å². The predicted molar refractivity (Wildman–Crippen MR) is 95.6 cm³/mol. The molecule has 1 saturated heterocycles. The first kappa shape index (κ1) is 17.3. The Morgan fingerprint density at radius 2 is 2.16 bits per heavy atom. The van der Waals surface area contributed by atoms with Crippen LogP contribution in [-0.4, -0.2) is 52.1 Å². The Kier molecular flexibility index (Phi) is 5.95. The van der Waals surface area contributed by atoms with Crippen molar-refractivity contribution in [2.24, 2.45) is 0 Å². The molecule has 0 radical (unpaired) electrons. The molecule has 3 N–H and O–H groups in total. The molecule has 1 aliphatic heterocycles. The summed E-state index contributed by atoms with van der Waals surface area (Å²) in [5.74, 6) is 0.676. The van der Waals surface area contributed by atoms with Gasteiger partial charge in [0.25, 0.3) is 5.91 Å². The minimum absolute atomic E-state index is 0.173. The van der Waals surface area contributed by atoms with E-state index in [1.54, 1.807) is 6.20 Å². The largest absolute Gasteiger partial charge is 0.370 e. The smallest absolute Gasteiger partial charge is 0.273 e. The number of aromatic nitrogens is 4. The van der Waals surface area contributed by atoms with Gasteiger partial charge in [-0.3, -0.25) is 4.79 Å². The number of rotatable bonds is 7. The van der Waals surface area contributed by atoms with E-state index in [0.29, 0.717) is 18.3 Å². The normalized spacial score (nSPS) is 15.1. The van der Waals surface area contributed by atoms with Crippen molar-refractivity contribution in [3.63, 3.8) is 0 Å². The van der Waals surface area contributed by atoms with Gasteiger partial charge in [-0.1, -0.05) is 11.3 Å². The van der Waals surface area contributed by atoms with Gasteiger partial charge in [0.2, 0.25) is 0 Å². The Bertz CT molecular complexity index is 677. The van der Waals surface area contributed by atoms with E-state index in [-0.39, 0.29) is 5.91 Å². The van der Waals surface area contributed by atoms with E-state index < -0.39 is 0 Å². The lowest BCUT2D eigenvalue weighted by Crippen LogP contribution is -2.29. The summed E-state index contributed by atoms with van der Waals surface area (Å²) in [5.41, 5.74) is 1.52. The lowest BCUT2D eigenvalue weighted by Gasteiger charge is -2.22. The molecular weight excluding hydrogens is 318 g/mol. The number of carbonyl (C=O) groups is 1. The van der Waals surface area contributed by atoms with Crippen molar-refractivity contribution in [1.82, 2.24) is 30.6 Å². The van der Waals surface area contributed by atoms with Gasteiger partial charge in [-0.2, -0.15) is 0 Å². The van der Waals surface area contributed by atoms with Crippen molar-refractivity contribution in [2.75, 3.05) is 31.5 Å².